The molecular weight excluding hydrogens is 242 g/mol. The number of nitrogens with zero attached hydrogens (tertiary/aromatic N) is 1. The molecule has 3 heteroatoms. The highest BCUT2D eigenvalue weighted by Crippen LogP contribution is 2.38. The Labute approximate surface area is 113 Å². The highest BCUT2D eigenvalue weighted by atomic mass is 32.1. The normalized spacial score (nSPS) is 26.9. The zero-order chi connectivity index (χ0) is 12.4. The molecule has 2 unspecified atom stereocenters. The minimum absolute atomic E-state index is 0.0529. The van der Waals surface area contributed by atoms with E-state index in [0.717, 1.165) is 23.3 Å². The number of fused-ring (bicyclic) bond motifs is 1. The number of rotatable bonds is 2. The average molecular weight is 261 g/mol. The van der Waals surface area contributed by atoms with Crippen LogP contribution in [0.25, 0.3) is 0 Å². The van der Waals surface area contributed by atoms with Crippen molar-refractivity contribution in [3.63, 3.8) is 0 Å². The first-order valence-electron chi connectivity index (χ1n) is 6.76. The van der Waals surface area contributed by atoms with Crippen molar-refractivity contribution in [1.29, 1.82) is 0 Å². The topological polar surface area (TPSA) is 23.5 Å². The Morgan fingerprint density at radius 1 is 1.28 bits per heavy atom. The van der Waals surface area contributed by atoms with Gasteiger partial charge in [-0.15, -0.1) is 11.3 Å². The Kier molecular flexibility index (Phi) is 3.69. The number of likely N-dealkylation sites (tertiary alicyclic amines) is 1. The van der Waals surface area contributed by atoms with Crippen LogP contribution in [0, 0.1) is 23.7 Å². The zero-order valence-electron chi connectivity index (χ0n) is 10.6. The maximum Gasteiger partial charge on any atom is 0.104 e. The van der Waals surface area contributed by atoms with Gasteiger partial charge in [0.25, 0.3) is 0 Å². The molecule has 2 heterocycles. The molecule has 2 aliphatic rings. The van der Waals surface area contributed by atoms with Crippen molar-refractivity contribution in [2.24, 2.45) is 11.8 Å². The summed E-state index contributed by atoms with van der Waals surface area (Å²) >= 11 is 1.76. The molecule has 1 aromatic rings. The van der Waals surface area contributed by atoms with E-state index in [1.54, 1.807) is 11.3 Å². The zero-order valence-corrected chi connectivity index (χ0v) is 11.4. The van der Waals surface area contributed by atoms with E-state index in [-0.39, 0.29) is 6.61 Å². The van der Waals surface area contributed by atoms with Crippen molar-refractivity contribution in [3.05, 3.63) is 21.9 Å². The Morgan fingerprint density at radius 2 is 2.06 bits per heavy atom. The standard InChI is InChI=1S/C15H19NOS/c17-8-2-5-14-6-7-15(18-14)11-16-9-12-3-1-4-13(12)10-16/h6-7,12-13,17H,1,3-4,8-11H2. The Balaban J connectivity index is 1.58. The monoisotopic (exact) mass is 261 g/mol. The molecule has 0 bridgehead atoms. The molecule has 2 nitrogen and oxygen atoms in total. The van der Waals surface area contributed by atoms with Gasteiger partial charge >= 0.3 is 0 Å². The van der Waals surface area contributed by atoms with Crippen molar-refractivity contribution >= 4 is 11.3 Å². The molecule has 0 aromatic carbocycles. The fourth-order valence-corrected chi connectivity index (χ4v) is 4.26. The lowest BCUT2D eigenvalue weighted by Gasteiger charge is -2.15. The third kappa shape index (κ3) is 2.61. The summed E-state index contributed by atoms with van der Waals surface area (Å²) in [6.45, 7) is 3.61. The summed E-state index contributed by atoms with van der Waals surface area (Å²) in [5.74, 6) is 7.63. The third-order valence-corrected chi connectivity index (χ3v) is 5.12. The van der Waals surface area contributed by atoms with Gasteiger partial charge in [-0.1, -0.05) is 18.3 Å². The second kappa shape index (κ2) is 5.44. The molecule has 2 atom stereocenters. The van der Waals surface area contributed by atoms with Crippen LogP contribution in [-0.2, 0) is 6.54 Å². The van der Waals surface area contributed by atoms with Gasteiger partial charge in [0.05, 0.1) is 4.88 Å². The van der Waals surface area contributed by atoms with Gasteiger partial charge in [-0.3, -0.25) is 4.90 Å². The van der Waals surface area contributed by atoms with Gasteiger partial charge in [-0.2, -0.15) is 0 Å². The second-order valence-electron chi connectivity index (χ2n) is 5.37. The molecule has 0 amide bonds. The van der Waals surface area contributed by atoms with Crippen LogP contribution in [0.4, 0.5) is 0 Å². The van der Waals surface area contributed by atoms with Crippen molar-refractivity contribution in [3.8, 4) is 11.8 Å². The molecule has 1 aliphatic heterocycles. The Morgan fingerprint density at radius 3 is 2.78 bits per heavy atom. The molecule has 1 N–H and O–H groups in total. The fourth-order valence-electron chi connectivity index (χ4n) is 3.34. The second-order valence-corrected chi connectivity index (χ2v) is 6.54. The SMILES string of the molecule is OCC#Cc1ccc(CN2CC3CCCC3C2)s1. The average Bonchev–Trinajstić information content (AvgIpc) is 3.02. The molecule has 1 saturated heterocycles. The van der Waals surface area contributed by atoms with Crippen LogP contribution in [0.5, 0.6) is 0 Å². The molecule has 1 aliphatic carbocycles. The first-order chi connectivity index (χ1) is 8.85. The summed E-state index contributed by atoms with van der Waals surface area (Å²) in [5, 5.41) is 8.68. The third-order valence-electron chi connectivity index (χ3n) is 4.13. The molecular formula is C15H19NOS. The van der Waals surface area contributed by atoms with Crippen LogP contribution in [0.15, 0.2) is 12.1 Å². The van der Waals surface area contributed by atoms with E-state index in [0.29, 0.717) is 0 Å². The highest BCUT2D eigenvalue weighted by molar-refractivity contribution is 7.12. The van der Waals surface area contributed by atoms with Crippen LogP contribution >= 0.6 is 11.3 Å². The predicted octanol–water partition coefficient (Wildman–Crippen LogP) is 2.32. The van der Waals surface area contributed by atoms with Crippen LogP contribution in [0.1, 0.15) is 29.0 Å². The maximum atomic E-state index is 8.68. The predicted molar refractivity (Wildman–Crippen MR) is 74.4 cm³/mol. The van der Waals surface area contributed by atoms with Crippen molar-refractivity contribution < 1.29 is 5.11 Å². The van der Waals surface area contributed by atoms with Crippen LogP contribution in [0.3, 0.4) is 0 Å². The van der Waals surface area contributed by atoms with Gasteiger partial charge in [-0.25, -0.2) is 0 Å². The molecule has 0 radical (unpaired) electrons. The van der Waals surface area contributed by atoms with Gasteiger partial charge in [0.2, 0.25) is 0 Å². The van der Waals surface area contributed by atoms with E-state index < -0.39 is 0 Å². The summed E-state index contributed by atoms with van der Waals surface area (Å²) in [6.07, 6.45) is 4.33. The minimum Gasteiger partial charge on any atom is -0.384 e. The smallest absolute Gasteiger partial charge is 0.104 e. The number of hydrogen-bond donors (Lipinski definition) is 1. The van der Waals surface area contributed by atoms with Crippen molar-refractivity contribution in [2.45, 2.75) is 25.8 Å². The Bertz CT molecular complexity index is 458. The molecule has 2 fully saturated rings. The van der Waals surface area contributed by atoms with E-state index in [1.165, 1.54) is 37.2 Å². The van der Waals surface area contributed by atoms with E-state index in [1.807, 2.05) is 0 Å². The number of hydrogen-bond acceptors (Lipinski definition) is 3. The van der Waals surface area contributed by atoms with Crippen LogP contribution < -0.4 is 0 Å². The van der Waals surface area contributed by atoms with Gasteiger partial charge < -0.3 is 5.11 Å². The van der Waals surface area contributed by atoms with E-state index >= 15 is 0 Å². The van der Waals surface area contributed by atoms with E-state index in [9.17, 15) is 0 Å². The van der Waals surface area contributed by atoms with Gasteiger partial charge in [0.1, 0.15) is 6.61 Å². The number of thiophene rings is 1. The molecule has 3 rings (SSSR count). The maximum absolute atomic E-state index is 8.68. The quantitative estimate of drug-likeness (QED) is 0.826. The highest BCUT2D eigenvalue weighted by Gasteiger charge is 2.35. The summed E-state index contributed by atoms with van der Waals surface area (Å²) in [5.41, 5.74) is 0. The molecule has 1 aromatic heterocycles. The molecule has 96 valence electrons. The number of aliphatic hydroxyl groups excluding tert-OH is 1. The number of aliphatic hydroxyl groups is 1. The van der Waals surface area contributed by atoms with Crippen LogP contribution in [-0.4, -0.2) is 29.7 Å². The molecule has 1 saturated carbocycles. The largest absolute Gasteiger partial charge is 0.384 e. The first-order valence-corrected chi connectivity index (χ1v) is 7.57. The summed E-state index contributed by atoms with van der Waals surface area (Å²) in [7, 11) is 0. The van der Waals surface area contributed by atoms with Crippen molar-refractivity contribution in [1.82, 2.24) is 4.90 Å². The van der Waals surface area contributed by atoms with E-state index in [4.69, 9.17) is 5.11 Å². The van der Waals surface area contributed by atoms with Crippen molar-refractivity contribution in [2.75, 3.05) is 19.7 Å². The molecule has 18 heavy (non-hydrogen) atoms. The Hall–Kier alpha value is -0.820. The van der Waals surface area contributed by atoms with Gasteiger partial charge in [0, 0.05) is 24.5 Å². The van der Waals surface area contributed by atoms with E-state index in [2.05, 4.69) is 28.9 Å². The molecule has 0 spiro atoms. The van der Waals surface area contributed by atoms with Gasteiger partial charge in [0.15, 0.2) is 0 Å². The summed E-state index contributed by atoms with van der Waals surface area (Å²) in [6, 6.07) is 4.25. The lowest BCUT2D eigenvalue weighted by Crippen LogP contribution is -2.20. The minimum atomic E-state index is -0.0529. The van der Waals surface area contributed by atoms with Crippen LogP contribution in [0.2, 0.25) is 0 Å². The summed E-state index contributed by atoms with van der Waals surface area (Å²) < 4.78 is 0. The summed E-state index contributed by atoms with van der Waals surface area (Å²) in [4.78, 5) is 5.07. The lowest BCUT2D eigenvalue weighted by atomic mass is 10.0. The lowest BCUT2D eigenvalue weighted by molar-refractivity contribution is 0.306. The van der Waals surface area contributed by atoms with Gasteiger partial charge in [-0.05, 0) is 36.8 Å². The first kappa shape index (κ1) is 12.2. The fraction of sp³-hybridized carbons (Fsp3) is 0.600.